The normalized spacial score (nSPS) is 16.0. The molecule has 0 fully saturated rings. The van der Waals surface area contributed by atoms with Crippen LogP contribution < -0.4 is 10.6 Å². The molecule has 164 valence electrons. The number of aryl methyl sites for hydroxylation is 1. The lowest BCUT2D eigenvalue weighted by Gasteiger charge is -2.33. The monoisotopic (exact) mass is 463 g/mol. The average molecular weight is 464 g/mol. The van der Waals surface area contributed by atoms with E-state index in [9.17, 15) is 19.5 Å². The van der Waals surface area contributed by atoms with Gasteiger partial charge in [-0.15, -0.1) is 0 Å². The van der Waals surface area contributed by atoms with Gasteiger partial charge >= 0.3 is 12.0 Å². The van der Waals surface area contributed by atoms with E-state index in [1.165, 1.54) is 17.7 Å². The molecular weight excluding hydrogens is 441 g/mol. The standard InChI is InChI=1S/C22H23Cl2N3O4/c1-27(18-11-4-7-13-6-2-3-8-14(13)18)22(31)25-12-17(21(29)30)26-20(28)19-15(23)9-5-10-16(19)24/h2-3,5-6,8-10,17-18H,4,7,11-12H2,1H3,(H,25,31)(H,26,28)(H,29,30)/t17-,18?/m0/s1. The van der Waals surface area contributed by atoms with Crippen LogP contribution in [0.25, 0.3) is 0 Å². The third-order valence-corrected chi connectivity index (χ3v) is 6.01. The number of hydrogen-bond acceptors (Lipinski definition) is 3. The van der Waals surface area contributed by atoms with E-state index in [1.807, 2.05) is 18.2 Å². The summed E-state index contributed by atoms with van der Waals surface area (Å²) >= 11 is 12.0. The van der Waals surface area contributed by atoms with Crippen LogP contribution in [0, 0.1) is 0 Å². The van der Waals surface area contributed by atoms with Gasteiger partial charge in [0, 0.05) is 7.05 Å². The van der Waals surface area contributed by atoms with Gasteiger partial charge in [0.05, 0.1) is 28.2 Å². The van der Waals surface area contributed by atoms with Crippen LogP contribution >= 0.6 is 23.2 Å². The molecule has 0 saturated heterocycles. The third-order valence-electron chi connectivity index (χ3n) is 5.38. The number of nitrogens with one attached hydrogen (secondary N) is 2. The number of carbonyl (C=O) groups excluding carboxylic acids is 2. The van der Waals surface area contributed by atoms with E-state index in [2.05, 4.69) is 16.7 Å². The zero-order chi connectivity index (χ0) is 22.5. The van der Waals surface area contributed by atoms with Gasteiger partial charge in [-0.1, -0.05) is 53.5 Å². The Morgan fingerprint density at radius 3 is 2.48 bits per heavy atom. The summed E-state index contributed by atoms with van der Waals surface area (Å²) in [5.74, 6) is -2.02. The fraction of sp³-hybridized carbons (Fsp3) is 0.318. The average Bonchev–Trinajstić information content (AvgIpc) is 2.75. The van der Waals surface area contributed by atoms with Gasteiger partial charge in [0.25, 0.3) is 5.91 Å². The first-order valence-corrected chi connectivity index (χ1v) is 10.6. The van der Waals surface area contributed by atoms with Crippen LogP contribution in [0.2, 0.25) is 10.0 Å². The lowest BCUT2D eigenvalue weighted by Crippen LogP contribution is -2.51. The van der Waals surface area contributed by atoms with Gasteiger partial charge in [0.15, 0.2) is 0 Å². The summed E-state index contributed by atoms with van der Waals surface area (Å²) in [4.78, 5) is 38.4. The highest BCUT2D eigenvalue weighted by molar-refractivity contribution is 6.39. The number of rotatable bonds is 6. The second-order valence-corrected chi connectivity index (χ2v) is 8.18. The minimum atomic E-state index is -1.35. The van der Waals surface area contributed by atoms with Gasteiger partial charge in [-0.25, -0.2) is 9.59 Å². The molecule has 0 spiro atoms. The first kappa shape index (κ1) is 22.9. The van der Waals surface area contributed by atoms with Crippen molar-refractivity contribution in [1.29, 1.82) is 0 Å². The SMILES string of the molecule is CN(C(=O)NC[C@H](NC(=O)c1c(Cl)cccc1Cl)C(=O)O)C1CCCc2ccccc21. The molecule has 0 radical (unpaired) electrons. The Bertz CT molecular complexity index is 978. The van der Waals surface area contributed by atoms with Crippen LogP contribution in [0.5, 0.6) is 0 Å². The first-order valence-electron chi connectivity index (χ1n) is 9.85. The third kappa shape index (κ3) is 5.29. The number of carbonyl (C=O) groups is 3. The number of hydrogen-bond donors (Lipinski definition) is 3. The Hall–Kier alpha value is -2.77. The fourth-order valence-electron chi connectivity index (χ4n) is 3.73. The molecule has 0 saturated carbocycles. The largest absolute Gasteiger partial charge is 0.480 e. The van der Waals surface area contributed by atoms with Crippen LogP contribution in [0.4, 0.5) is 4.79 Å². The minimum absolute atomic E-state index is 0.0145. The van der Waals surface area contributed by atoms with E-state index in [1.54, 1.807) is 18.0 Å². The second kappa shape index (κ2) is 10.0. The summed E-state index contributed by atoms with van der Waals surface area (Å²) in [6.45, 7) is -0.291. The van der Waals surface area contributed by atoms with Crippen LogP contribution in [-0.4, -0.2) is 47.5 Å². The van der Waals surface area contributed by atoms with Crippen molar-refractivity contribution in [2.75, 3.05) is 13.6 Å². The van der Waals surface area contributed by atoms with Gasteiger partial charge in [0.1, 0.15) is 6.04 Å². The van der Waals surface area contributed by atoms with Gasteiger partial charge in [-0.3, -0.25) is 4.79 Å². The van der Waals surface area contributed by atoms with E-state index in [0.29, 0.717) is 0 Å². The number of fused-ring (bicyclic) bond motifs is 1. The highest BCUT2D eigenvalue weighted by Gasteiger charge is 2.28. The van der Waals surface area contributed by atoms with Crippen LogP contribution in [0.3, 0.4) is 0 Å². The smallest absolute Gasteiger partial charge is 0.328 e. The molecule has 1 aliphatic carbocycles. The predicted octanol–water partition coefficient (Wildman–Crippen LogP) is 3.90. The molecule has 2 aromatic carbocycles. The minimum Gasteiger partial charge on any atom is -0.480 e. The molecular formula is C22H23Cl2N3O4. The predicted molar refractivity (Wildman–Crippen MR) is 119 cm³/mol. The lowest BCUT2D eigenvalue weighted by atomic mass is 9.87. The molecule has 3 rings (SSSR count). The van der Waals surface area contributed by atoms with Gasteiger partial charge in [-0.2, -0.15) is 0 Å². The summed E-state index contributed by atoms with van der Waals surface area (Å²) in [7, 11) is 1.68. The molecule has 0 bridgehead atoms. The molecule has 2 atom stereocenters. The number of amides is 3. The maximum absolute atomic E-state index is 12.7. The number of nitrogens with zero attached hydrogens (tertiary/aromatic N) is 1. The number of carboxylic acids is 1. The summed E-state index contributed by atoms with van der Waals surface area (Å²) in [6, 6.07) is 10.7. The molecule has 31 heavy (non-hydrogen) atoms. The van der Waals surface area contributed by atoms with Crippen molar-refractivity contribution < 1.29 is 19.5 Å². The molecule has 9 heteroatoms. The summed E-state index contributed by atoms with van der Waals surface area (Å²) in [6.07, 6.45) is 2.76. The van der Waals surface area contributed by atoms with Gasteiger partial charge < -0.3 is 20.6 Å². The molecule has 7 nitrogen and oxygen atoms in total. The highest BCUT2D eigenvalue weighted by Crippen LogP contribution is 2.33. The number of carboxylic acid groups (broad SMARTS) is 1. The number of halogens is 2. The number of benzene rings is 2. The molecule has 3 amide bonds. The Morgan fingerprint density at radius 2 is 1.81 bits per heavy atom. The van der Waals surface area contributed by atoms with Gasteiger partial charge in [-0.05, 0) is 42.5 Å². The van der Waals surface area contributed by atoms with Crippen LogP contribution in [0.1, 0.15) is 40.4 Å². The molecule has 1 unspecified atom stereocenters. The van der Waals surface area contributed by atoms with E-state index in [0.717, 1.165) is 24.8 Å². The maximum atomic E-state index is 12.7. The molecule has 1 aliphatic rings. The van der Waals surface area contributed by atoms with Crippen molar-refractivity contribution >= 4 is 41.1 Å². The van der Waals surface area contributed by atoms with E-state index < -0.39 is 23.9 Å². The second-order valence-electron chi connectivity index (χ2n) is 7.36. The molecule has 0 heterocycles. The molecule has 2 aromatic rings. The summed E-state index contributed by atoms with van der Waals surface area (Å²) < 4.78 is 0. The lowest BCUT2D eigenvalue weighted by molar-refractivity contribution is -0.139. The maximum Gasteiger partial charge on any atom is 0.328 e. The Balaban J connectivity index is 1.65. The zero-order valence-corrected chi connectivity index (χ0v) is 18.4. The van der Waals surface area contributed by atoms with Crippen molar-refractivity contribution in [3.8, 4) is 0 Å². The molecule has 3 N–H and O–H groups in total. The molecule has 0 aromatic heterocycles. The first-order chi connectivity index (χ1) is 14.8. The highest BCUT2D eigenvalue weighted by atomic mass is 35.5. The summed E-state index contributed by atoms with van der Waals surface area (Å²) in [5, 5.41) is 14.7. The number of aliphatic carboxylic acids is 1. The molecule has 0 aliphatic heterocycles. The van der Waals surface area contributed by atoms with E-state index in [4.69, 9.17) is 23.2 Å². The van der Waals surface area contributed by atoms with Crippen LogP contribution in [0.15, 0.2) is 42.5 Å². The zero-order valence-electron chi connectivity index (χ0n) is 16.9. The van der Waals surface area contributed by atoms with Crippen molar-refractivity contribution in [2.24, 2.45) is 0 Å². The van der Waals surface area contributed by atoms with Crippen molar-refractivity contribution in [3.63, 3.8) is 0 Å². The Morgan fingerprint density at radius 1 is 1.13 bits per heavy atom. The fourth-order valence-corrected chi connectivity index (χ4v) is 4.30. The van der Waals surface area contributed by atoms with E-state index in [-0.39, 0.29) is 28.2 Å². The quantitative estimate of drug-likeness (QED) is 0.604. The topological polar surface area (TPSA) is 98.7 Å². The van der Waals surface area contributed by atoms with E-state index >= 15 is 0 Å². The van der Waals surface area contributed by atoms with Crippen molar-refractivity contribution in [3.05, 3.63) is 69.2 Å². The number of urea groups is 1. The van der Waals surface area contributed by atoms with Crippen molar-refractivity contribution in [1.82, 2.24) is 15.5 Å². The Kier molecular flexibility index (Phi) is 7.41. The van der Waals surface area contributed by atoms with Crippen LogP contribution in [-0.2, 0) is 11.2 Å². The summed E-state index contributed by atoms with van der Waals surface area (Å²) in [5.41, 5.74) is 2.30. The Labute approximate surface area is 190 Å². The van der Waals surface area contributed by atoms with Crippen molar-refractivity contribution in [2.45, 2.75) is 31.3 Å². The van der Waals surface area contributed by atoms with Gasteiger partial charge in [0.2, 0.25) is 0 Å².